The molecule has 2 fully saturated rings. The minimum atomic E-state index is 0.464. The molecule has 1 aromatic heterocycles. The molecule has 0 aromatic carbocycles. The summed E-state index contributed by atoms with van der Waals surface area (Å²) in [7, 11) is 0. The molecule has 5 nitrogen and oxygen atoms in total. The van der Waals surface area contributed by atoms with Crippen molar-refractivity contribution in [2.45, 2.75) is 58.3 Å². The van der Waals surface area contributed by atoms with Gasteiger partial charge in [-0.05, 0) is 33.1 Å². The number of rotatable bonds is 5. The molecule has 5 heteroatoms. The van der Waals surface area contributed by atoms with Crippen LogP contribution in [-0.2, 0) is 17.8 Å². The third-order valence-electron chi connectivity index (χ3n) is 5.07. The maximum Gasteiger partial charge on any atom is 0.122 e. The Morgan fingerprint density at radius 3 is 2.95 bits per heavy atom. The second-order valence-corrected chi connectivity index (χ2v) is 6.70. The van der Waals surface area contributed by atoms with Crippen molar-refractivity contribution in [3.05, 3.63) is 18.2 Å². The summed E-state index contributed by atoms with van der Waals surface area (Å²) in [5.41, 5.74) is 0. The number of nitrogens with zero attached hydrogens (tertiary/aromatic N) is 4. The SMILES string of the molecule is CCn1ccnc1CN1CCN(C[C@H]2CCCCO2)C[C@H]1C. The molecule has 0 N–H and O–H groups in total. The normalized spacial score (nSPS) is 28.1. The molecule has 0 spiro atoms. The van der Waals surface area contributed by atoms with Crippen LogP contribution in [0, 0.1) is 0 Å². The summed E-state index contributed by atoms with van der Waals surface area (Å²) < 4.78 is 8.13. The van der Waals surface area contributed by atoms with Gasteiger partial charge in [0.25, 0.3) is 0 Å². The highest BCUT2D eigenvalue weighted by Crippen LogP contribution is 2.17. The molecule has 0 bridgehead atoms. The van der Waals surface area contributed by atoms with Crippen LogP contribution in [0.5, 0.6) is 0 Å². The van der Waals surface area contributed by atoms with Crippen LogP contribution in [0.4, 0.5) is 0 Å². The lowest BCUT2D eigenvalue weighted by atomic mass is 10.1. The van der Waals surface area contributed by atoms with Gasteiger partial charge in [0.05, 0.1) is 12.6 Å². The topological polar surface area (TPSA) is 33.5 Å². The molecular weight excluding hydrogens is 276 g/mol. The number of imidazole rings is 1. The van der Waals surface area contributed by atoms with Gasteiger partial charge in [-0.3, -0.25) is 9.80 Å². The van der Waals surface area contributed by atoms with Gasteiger partial charge in [0.15, 0.2) is 0 Å². The standard InChI is InChI=1S/C17H30N4O/c1-3-20-8-7-18-17(20)14-21-10-9-19(12-15(21)2)13-16-6-4-5-11-22-16/h7-8,15-16H,3-6,9-14H2,1-2H3/t15-,16-/m1/s1. The lowest BCUT2D eigenvalue weighted by Gasteiger charge is -2.41. The van der Waals surface area contributed by atoms with Gasteiger partial charge in [-0.2, -0.15) is 0 Å². The number of aryl methyl sites for hydroxylation is 1. The first kappa shape index (κ1) is 16.0. The fraction of sp³-hybridized carbons (Fsp3) is 0.824. The first-order valence-electron chi connectivity index (χ1n) is 8.84. The van der Waals surface area contributed by atoms with Gasteiger partial charge in [-0.1, -0.05) is 0 Å². The molecule has 0 saturated carbocycles. The van der Waals surface area contributed by atoms with Crippen LogP contribution >= 0.6 is 0 Å². The lowest BCUT2D eigenvalue weighted by molar-refractivity contribution is -0.0222. The first-order valence-corrected chi connectivity index (χ1v) is 8.84. The van der Waals surface area contributed by atoms with E-state index in [1.54, 1.807) is 0 Å². The average molecular weight is 306 g/mol. The third kappa shape index (κ3) is 3.89. The highest BCUT2D eigenvalue weighted by Gasteiger charge is 2.27. The Hall–Kier alpha value is -0.910. The Morgan fingerprint density at radius 1 is 1.32 bits per heavy atom. The Kier molecular flexibility index (Phi) is 5.50. The van der Waals surface area contributed by atoms with E-state index in [1.165, 1.54) is 25.1 Å². The van der Waals surface area contributed by atoms with E-state index in [0.29, 0.717) is 12.1 Å². The molecule has 2 aliphatic rings. The molecule has 3 heterocycles. The summed E-state index contributed by atoms with van der Waals surface area (Å²) in [5.74, 6) is 1.19. The molecular formula is C17H30N4O. The van der Waals surface area contributed by atoms with Crippen LogP contribution in [0.2, 0.25) is 0 Å². The van der Waals surface area contributed by atoms with E-state index >= 15 is 0 Å². The maximum atomic E-state index is 5.89. The van der Waals surface area contributed by atoms with Crippen LogP contribution < -0.4 is 0 Å². The van der Waals surface area contributed by atoms with Crippen molar-refractivity contribution in [2.75, 3.05) is 32.8 Å². The predicted octanol–water partition coefficient (Wildman–Crippen LogP) is 1.98. The lowest BCUT2D eigenvalue weighted by Crippen LogP contribution is -2.53. The van der Waals surface area contributed by atoms with Gasteiger partial charge >= 0.3 is 0 Å². The minimum Gasteiger partial charge on any atom is -0.377 e. The quantitative estimate of drug-likeness (QED) is 0.833. The van der Waals surface area contributed by atoms with Gasteiger partial charge in [0, 0.05) is 57.8 Å². The molecule has 0 amide bonds. The minimum absolute atomic E-state index is 0.464. The fourth-order valence-electron chi connectivity index (χ4n) is 3.67. The van der Waals surface area contributed by atoms with E-state index in [4.69, 9.17) is 4.74 Å². The van der Waals surface area contributed by atoms with Crippen LogP contribution in [0.3, 0.4) is 0 Å². The predicted molar refractivity (Wildman–Crippen MR) is 87.8 cm³/mol. The van der Waals surface area contributed by atoms with Gasteiger partial charge in [0.1, 0.15) is 5.82 Å². The highest BCUT2D eigenvalue weighted by atomic mass is 16.5. The zero-order valence-corrected chi connectivity index (χ0v) is 14.1. The summed E-state index contributed by atoms with van der Waals surface area (Å²) >= 11 is 0. The molecule has 2 atom stereocenters. The molecule has 3 rings (SSSR count). The molecule has 22 heavy (non-hydrogen) atoms. The van der Waals surface area contributed by atoms with E-state index in [9.17, 15) is 0 Å². The Bertz CT molecular complexity index is 455. The van der Waals surface area contributed by atoms with Crippen LogP contribution in [0.25, 0.3) is 0 Å². The highest BCUT2D eigenvalue weighted by molar-refractivity contribution is 4.94. The van der Waals surface area contributed by atoms with E-state index in [-0.39, 0.29) is 0 Å². The first-order chi connectivity index (χ1) is 10.8. The zero-order chi connectivity index (χ0) is 15.4. The number of aromatic nitrogens is 2. The van der Waals surface area contributed by atoms with E-state index < -0.39 is 0 Å². The molecule has 2 saturated heterocycles. The smallest absolute Gasteiger partial charge is 0.122 e. The van der Waals surface area contributed by atoms with E-state index in [0.717, 1.165) is 45.9 Å². The van der Waals surface area contributed by atoms with Gasteiger partial charge in [-0.15, -0.1) is 0 Å². The van der Waals surface area contributed by atoms with Crippen molar-refractivity contribution in [3.8, 4) is 0 Å². The summed E-state index contributed by atoms with van der Waals surface area (Å²) in [5, 5.41) is 0. The number of hydrogen-bond donors (Lipinski definition) is 0. The van der Waals surface area contributed by atoms with E-state index in [1.807, 2.05) is 6.20 Å². The molecule has 2 aliphatic heterocycles. The average Bonchev–Trinajstić information content (AvgIpc) is 2.98. The second-order valence-electron chi connectivity index (χ2n) is 6.70. The van der Waals surface area contributed by atoms with Crippen molar-refractivity contribution >= 4 is 0 Å². The van der Waals surface area contributed by atoms with Crippen molar-refractivity contribution in [1.29, 1.82) is 0 Å². The maximum absolute atomic E-state index is 5.89. The number of piperazine rings is 1. The molecule has 0 unspecified atom stereocenters. The molecule has 124 valence electrons. The second kappa shape index (κ2) is 7.57. The van der Waals surface area contributed by atoms with Crippen molar-refractivity contribution in [2.24, 2.45) is 0 Å². The van der Waals surface area contributed by atoms with Gasteiger partial charge < -0.3 is 9.30 Å². The van der Waals surface area contributed by atoms with Crippen LogP contribution in [-0.4, -0.2) is 64.3 Å². The largest absolute Gasteiger partial charge is 0.377 e. The van der Waals surface area contributed by atoms with Crippen molar-refractivity contribution in [1.82, 2.24) is 19.4 Å². The number of ether oxygens (including phenoxy) is 1. The summed E-state index contributed by atoms with van der Waals surface area (Å²) in [6.45, 7) is 12.0. The molecule has 0 radical (unpaired) electrons. The Labute approximate surface area is 134 Å². The molecule has 0 aliphatic carbocycles. The Morgan fingerprint density at radius 2 is 2.23 bits per heavy atom. The van der Waals surface area contributed by atoms with Crippen molar-refractivity contribution < 1.29 is 4.74 Å². The Balaban J connectivity index is 1.49. The zero-order valence-electron chi connectivity index (χ0n) is 14.1. The van der Waals surface area contributed by atoms with E-state index in [2.05, 4.69) is 39.4 Å². The van der Waals surface area contributed by atoms with Gasteiger partial charge in [-0.25, -0.2) is 4.98 Å². The summed E-state index contributed by atoms with van der Waals surface area (Å²) in [6.07, 6.45) is 8.27. The summed E-state index contributed by atoms with van der Waals surface area (Å²) in [6, 6.07) is 0.583. The van der Waals surface area contributed by atoms with Crippen molar-refractivity contribution in [3.63, 3.8) is 0 Å². The fourth-order valence-corrected chi connectivity index (χ4v) is 3.67. The molecule has 1 aromatic rings. The summed E-state index contributed by atoms with van der Waals surface area (Å²) in [4.78, 5) is 9.66. The monoisotopic (exact) mass is 306 g/mol. The van der Waals surface area contributed by atoms with Crippen LogP contribution in [0.1, 0.15) is 38.9 Å². The number of hydrogen-bond acceptors (Lipinski definition) is 4. The third-order valence-corrected chi connectivity index (χ3v) is 5.07. The van der Waals surface area contributed by atoms with Gasteiger partial charge in [0.2, 0.25) is 0 Å². The van der Waals surface area contributed by atoms with Crippen LogP contribution in [0.15, 0.2) is 12.4 Å².